The fraction of sp³-hybridized carbons (Fsp3) is 0.0769. The van der Waals surface area contributed by atoms with Crippen LogP contribution in [-0.2, 0) is 10.0 Å². The summed E-state index contributed by atoms with van der Waals surface area (Å²) >= 11 is 5.65. The third-order valence-corrected chi connectivity index (χ3v) is 4.87. The van der Waals surface area contributed by atoms with E-state index in [1.54, 1.807) is 18.2 Å². The van der Waals surface area contributed by atoms with Gasteiger partial charge in [0.15, 0.2) is 0 Å². The average Bonchev–Trinajstić information content (AvgIpc) is 2.49. The number of rotatable bonds is 3. The molecule has 1 heterocycles. The van der Waals surface area contributed by atoms with Gasteiger partial charge in [-0.3, -0.25) is 9.10 Å². The molecule has 0 unspecified atom stereocenters. The molecule has 1 aromatic carbocycles. The Hall–Kier alpha value is -2.30. The Bertz CT molecular complexity index is 884. The van der Waals surface area contributed by atoms with Crippen molar-refractivity contribution in [1.82, 2.24) is 4.98 Å². The van der Waals surface area contributed by atoms with Crippen LogP contribution in [0.4, 0.5) is 5.69 Å². The number of benzene rings is 1. The number of nitrogens with one attached hydrogen (secondary N) is 1. The molecule has 0 bridgehead atoms. The maximum absolute atomic E-state index is 12.5. The summed E-state index contributed by atoms with van der Waals surface area (Å²) in [6.07, 6.45) is 1.08. The molecule has 0 radical (unpaired) electrons. The lowest BCUT2D eigenvalue weighted by Gasteiger charge is -2.19. The Morgan fingerprint density at radius 1 is 1.33 bits per heavy atom. The maximum atomic E-state index is 12.5. The number of H-pyrrole nitrogens is 1. The lowest BCUT2D eigenvalue weighted by Crippen LogP contribution is -2.27. The number of nitrogens with zero attached hydrogens (tertiary/aromatic N) is 2. The van der Waals surface area contributed by atoms with Crippen molar-refractivity contribution < 1.29 is 8.42 Å². The summed E-state index contributed by atoms with van der Waals surface area (Å²) in [4.78, 5) is 13.3. The van der Waals surface area contributed by atoms with E-state index in [1.165, 1.54) is 13.1 Å². The molecule has 0 aliphatic heterocycles. The molecule has 2 rings (SSSR count). The molecule has 0 saturated heterocycles. The summed E-state index contributed by atoms with van der Waals surface area (Å²) in [7, 11) is -2.53. The Morgan fingerprint density at radius 3 is 2.67 bits per heavy atom. The molecule has 0 saturated carbocycles. The Labute approximate surface area is 126 Å². The van der Waals surface area contributed by atoms with Crippen LogP contribution in [-0.4, -0.2) is 20.4 Å². The van der Waals surface area contributed by atoms with Gasteiger partial charge in [0.1, 0.15) is 9.92 Å². The van der Waals surface area contributed by atoms with E-state index in [9.17, 15) is 13.2 Å². The minimum atomic E-state index is -3.89. The third kappa shape index (κ3) is 2.91. The summed E-state index contributed by atoms with van der Waals surface area (Å²) in [5.74, 6) is 0. The van der Waals surface area contributed by atoms with Crippen LogP contribution in [0.25, 0.3) is 0 Å². The first-order valence-corrected chi connectivity index (χ1v) is 7.55. The quantitative estimate of drug-likeness (QED) is 0.930. The molecule has 0 aliphatic carbocycles. The molecule has 0 atom stereocenters. The van der Waals surface area contributed by atoms with Crippen molar-refractivity contribution in [3.05, 3.63) is 57.5 Å². The normalized spacial score (nSPS) is 10.9. The maximum Gasteiger partial charge on any atom is 0.266 e. The van der Waals surface area contributed by atoms with Gasteiger partial charge in [0.2, 0.25) is 0 Å². The summed E-state index contributed by atoms with van der Waals surface area (Å²) in [6.45, 7) is 0. The number of sulfonamides is 1. The number of hydrogen-bond donors (Lipinski definition) is 1. The lowest BCUT2D eigenvalue weighted by molar-refractivity contribution is 0.594. The van der Waals surface area contributed by atoms with Gasteiger partial charge in [-0.2, -0.15) is 5.26 Å². The Balaban J connectivity index is 2.49. The van der Waals surface area contributed by atoms with Gasteiger partial charge < -0.3 is 4.98 Å². The van der Waals surface area contributed by atoms with Crippen molar-refractivity contribution >= 4 is 27.3 Å². The number of hydrogen-bond acceptors (Lipinski definition) is 4. The number of nitriles is 1. The first-order valence-electron chi connectivity index (χ1n) is 5.73. The van der Waals surface area contributed by atoms with Gasteiger partial charge in [-0.15, -0.1) is 0 Å². The topological polar surface area (TPSA) is 94.0 Å². The van der Waals surface area contributed by atoms with Crippen LogP contribution in [0.3, 0.4) is 0 Å². The first kappa shape index (κ1) is 15.1. The van der Waals surface area contributed by atoms with E-state index in [0.29, 0.717) is 11.3 Å². The van der Waals surface area contributed by atoms with Gasteiger partial charge in [0.05, 0.1) is 17.3 Å². The number of aromatic nitrogens is 1. The second-order valence-electron chi connectivity index (χ2n) is 4.15. The van der Waals surface area contributed by atoms with Crippen LogP contribution >= 0.6 is 11.6 Å². The largest absolute Gasteiger partial charge is 0.326 e. The molecule has 1 N–H and O–H groups in total. The molecule has 8 heteroatoms. The zero-order valence-corrected chi connectivity index (χ0v) is 12.4. The standard InChI is InChI=1S/C13H10ClN3O3S/c1-17(10-4-2-3-9(5-10)7-15)21(19,20)11-6-12(14)13(18)16-8-11/h2-6,8H,1H3,(H,16,18). The van der Waals surface area contributed by atoms with Gasteiger partial charge in [-0.25, -0.2) is 8.42 Å². The molecule has 108 valence electrons. The highest BCUT2D eigenvalue weighted by Gasteiger charge is 2.22. The number of pyridine rings is 1. The van der Waals surface area contributed by atoms with Crippen molar-refractivity contribution in [1.29, 1.82) is 5.26 Å². The van der Waals surface area contributed by atoms with Gasteiger partial charge in [-0.05, 0) is 24.3 Å². The fourth-order valence-corrected chi connectivity index (χ4v) is 3.07. The van der Waals surface area contributed by atoms with Crippen LogP contribution in [0.1, 0.15) is 5.56 Å². The minimum Gasteiger partial charge on any atom is -0.326 e. The smallest absolute Gasteiger partial charge is 0.266 e. The second-order valence-corrected chi connectivity index (χ2v) is 6.52. The lowest BCUT2D eigenvalue weighted by atomic mass is 10.2. The van der Waals surface area contributed by atoms with Crippen LogP contribution in [0.15, 0.2) is 46.2 Å². The molecule has 0 fully saturated rings. The molecule has 2 aromatic rings. The summed E-state index contributed by atoms with van der Waals surface area (Å²) < 4.78 is 25.9. The average molecular weight is 324 g/mol. The van der Waals surface area contributed by atoms with E-state index >= 15 is 0 Å². The van der Waals surface area contributed by atoms with E-state index < -0.39 is 15.6 Å². The molecular weight excluding hydrogens is 314 g/mol. The van der Waals surface area contributed by atoms with Crippen molar-refractivity contribution in [2.24, 2.45) is 0 Å². The SMILES string of the molecule is CN(c1cccc(C#N)c1)S(=O)(=O)c1c[nH]c(=O)c(Cl)c1. The zero-order chi connectivity index (χ0) is 15.6. The van der Waals surface area contributed by atoms with E-state index in [-0.39, 0.29) is 9.92 Å². The van der Waals surface area contributed by atoms with Gasteiger partial charge in [0, 0.05) is 13.2 Å². The van der Waals surface area contributed by atoms with E-state index in [1.807, 2.05) is 6.07 Å². The zero-order valence-electron chi connectivity index (χ0n) is 10.9. The fourth-order valence-electron chi connectivity index (χ4n) is 1.65. The van der Waals surface area contributed by atoms with Crippen LogP contribution < -0.4 is 9.86 Å². The number of halogens is 1. The van der Waals surface area contributed by atoms with Crippen molar-refractivity contribution in [2.75, 3.05) is 11.4 Å². The molecular formula is C13H10ClN3O3S. The van der Waals surface area contributed by atoms with Gasteiger partial charge >= 0.3 is 0 Å². The van der Waals surface area contributed by atoms with Crippen molar-refractivity contribution in [3.8, 4) is 6.07 Å². The van der Waals surface area contributed by atoms with Crippen LogP contribution in [0.5, 0.6) is 0 Å². The molecule has 0 spiro atoms. The second kappa shape index (κ2) is 5.60. The van der Waals surface area contributed by atoms with Crippen molar-refractivity contribution in [2.45, 2.75) is 4.90 Å². The Morgan fingerprint density at radius 2 is 2.05 bits per heavy atom. The van der Waals surface area contributed by atoms with Crippen LogP contribution in [0, 0.1) is 11.3 Å². The minimum absolute atomic E-state index is 0.142. The highest BCUT2D eigenvalue weighted by molar-refractivity contribution is 7.92. The number of anilines is 1. The highest BCUT2D eigenvalue weighted by Crippen LogP contribution is 2.22. The molecule has 0 aliphatic rings. The summed E-state index contributed by atoms with van der Waals surface area (Å²) in [5.41, 5.74) is 0.107. The molecule has 6 nitrogen and oxygen atoms in total. The summed E-state index contributed by atoms with van der Waals surface area (Å²) in [6, 6.07) is 9.19. The third-order valence-electron chi connectivity index (χ3n) is 2.83. The molecule has 21 heavy (non-hydrogen) atoms. The summed E-state index contributed by atoms with van der Waals surface area (Å²) in [5, 5.41) is 8.64. The van der Waals surface area contributed by atoms with Gasteiger partial charge in [-0.1, -0.05) is 17.7 Å². The molecule has 1 aromatic heterocycles. The van der Waals surface area contributed by atoms with Crippen LogP contribution in [0.2, 0.25) is 5.02 Å². The van der Waals surface area contributed by atoms with Gasteiger partial charge in [0.25, 0.3) is 15.6 Å². The predicted octanol–water partition coefficient (Wildman–Crippen LogP) is 1.73. The molecule has 0 amide bonds. The predicted molar refractivity (Wildman–Crippen MR) is 78.8 cm³/mol. The van der Waals surface area contributed by atoms with E-state index in [4.69, 9.17) is 16.9 Å². The monoisotopic (exact) mass is 323 g/mol. The number of aromatic amines is 1. The van der Waals surface area contributed by atoms with Crippen molar-refractivity contribution in [3.63, 3.8) is 0 Å². The van der Waals surface area contributed by atoms with E-state index in [0.717, 1.165) is 16.6 Å². The highest BCUT2D eigenvalue weighted by atomic mass is 35.5. The van der Waals surface area contributed by atoms with E-state index in [2.05, 4.69) is 4.98 Å². The first-order chi connectivity index (χ1) is 9.86. The Kier molecular flexibility index (Phi) is 4.02.